The van der Waals surface area contributed by atoms with Gasteiger partial charge in [0.1, 0.15) is 6.61 Å². The standard InChI is InChI=1S/C22H19NO4/c24-21(25)20-11-5-10-19(13-20)18-9-4-8-17(12-18)14-23-22(26)27-15-16-6-2-1-3-7-16/h1-13H,14-15H2,(H,23,26)(H,24,25). The molecular weight excluding hydrogens is 342 g/mol. The van der Waals surface area contributed by atoms with Gasteiger partial charge in [-0.05, 0) is 40.5 Å². The van der Waals surface area contributed by atoms with Crippen molar-refractivity contribution in [2.24, 2.45) is 0 Å². The third-order valence-corrected chi connectivity index (χ3v) is 4.02. The molecule has 0 unspecified atom stereocenters. The van der Waals surface area contributed by atoms with Crippen molar-refractivity contribution in [2.45, 2.75) is 13.2 Å². The highest BCUT2D eigenvalue weighted by atomic mass is 16.5. The number of benzene rings is 3. The summed E-state index contributed by atoms with van der Waals surface area (Å²) in [7, 11) is 0. The Kier molecular flexibility index (Phi) is 5.84. The molecular formula is C22H19NO4. The Morgan fingerprint density at radius 1 is 0.815 bits per heavy atom. The minimum atomic E-state index is -0.962. The van der Waals surface area contributed by atoms with E-state index in [-0.39, 0.29) is 12.2 Å². The van der Waals surface area contributed by atoms with E-state index >= 15 is 0 Å². The summed E-state index contributed by atoms with van der Waals surface area (Å²) in [6.07, 6.45) is -0.489. The zero-order valence-electron chi connectivity index (χ0n) is 14.6. The summed E-state index contributed by atoms with van der Waals surface area (Å²) in [4.78, 5) is 23.0. The molecule has 0 radical (unpaired) electrons. The maximum atomic E-state index is 11.9. The summed E-state index contributed by atoms with van der Waals surface area (Å²) in [5.41, 5.74) is 3.75. The van der Waals surface area contributed by atoms with Crippen LogP contribution in [0.4, 0.5) is 4.79 Å². The molecule has 136 valence electrons. The van der Waals surface area contributed by atoms with E-state index in [2.05, 4.69) is 5.32 Å². The number of hydrogen-bond donors (Lipinski definition) is 2. The normalized spacial score (nSPS) is 10.2. The van der Waals surface area contributed by atoms with E-state index in [9.17, 15) is 9.59 Å². The van der Waals surface area contributed by atoms with E-state index in [1.165, 1.54) is 0 Å². The Morgan fingerprint density at radius 2 is 1.48 bits per heavy atom. The number of ether oxygens (including phenoxy) is 1. The first-order chi connectivity index (χ1) is 13.1. The Labute approximate surface area is 157 Å². The van der Waals surface area contributed by atoms with Gasteiger partial charge in [-0.2, -0.15) is 0 Å². The number of hydrogen-bond acceptors (Lipinski definition) is 3. The number of carbonyl (C=O) groups excluding carboxylic acids is 1. The van der Waals surface area contributed by atoms with Gasteiger partial charge in [0.15, 0.2) is 0 Å². The van der Waals surface area contributed by atoms with Crippen molar-refractivity contribution in [1.82, 2.24) is 5.32 Å². The first kappa shape index (κ1) is 18.2. The van der Waals surface area contributed by atoms with E-state index in [1.54, 1.807) is 18.2 Å². The second kappa shape index (κ2) is 8.67. The molecule has 2 N–H and O–H groups in total. The van der Waals surface area contributed by atoms with Crippen molar-refractivity contribution >= 4 is 12.1 Å². The number of carboxylic acid groups (broad SMARTS) is 1. The lowest BCUT2D eigenvalue weighted by atomic mass is 10.0. The molecule has 0 saturated carbocycles. The van der Waals surface area contributed by atoms with Crippen molar-refractivity contribution in [3.05, 3.63) is 95.6 Å². The summed E-state index contributed by atoms with van der Waals surface area (Å²) >= 11 is 0. The second-order valence-electron chi connectivity index (χ2n) is 6.00. The number of rotatable bonds is 6. The topological polar surface area (TPSA) is 75.6 Å². The van der Waals surface area contributed by atoms with E-state index in [1.807, 2.05) is 60.7 Å². The van der Waals surface area contributed by atoms with Gasteiger partial charge in [0, 0.05) is 6.54 Å². The summed E-state index contributed by atoms with van der Waals surface area (Å²) in [5, 5.41) is 11.8. The van der Waals surface area contributed by atoms with Crippen LogP contribution in [0.15, 0.2) is 78.9 Å². The molecule has 5 heteroatoms. The second-order valence-corrected chi connectivity index (χ2v) is 6.00. The lowest BCUT2D eigenvalue weighted by molar-refractivity contribution is 0.0697. The third-order valence-electron chi connectivity index (χ3n) is 4.02. The Morgan fingerprint density at radius 3 is 2.22 bits per heavy atom. The number of carboxylic acids is 1. The highest BCUT2D eigenvalue weighted by Gasteiger charge is 2.07. The maximum absolute atomic E-state index is 11.9. The molecule has 3 aromatic rings. The molecule has 3 rings (SSSR count). The van der Waals surface area contributed by atoms with E-state index in [4.69, 9.17) is 9.84 Å². The fourth-order valence-electron chi connectivity index (χ4n) is 2.64. The molecule has 0 aromatic heterocycles. The fraction of sp³-hybridized carbons (Fsp3) is 0.0909. The van der Waals surface area contributed by atoms with E-state index in [0.29, 0.717) is 6.54 Å². The van der Waals surface area contributed by atoms with Gasteiger partial charge in [-0.15, -0.1) is 0 Å². The average molecular weight is 361 g/mol. The van der Waals surface area contributed by atoms with Gasteiger partial charge >= 0.3 is 12.1 Å². The molecule has 0 aliphatic carbocycles. The molecule has 0 aliphatic heterocycles. The lowest BCUT2D eigenvalue weighted by Gasteiger charge is -2.09. The van der Waals surface area contributed by atoms with Crippen LogP contribution in [0, 0.1) is 0 Å². The number of aromatic carboxylic acids is 1. The Balaban J connectivity index is 1.60. The van der Waals surface area contributed by atoms with Crippen LogP contribution in [0.1, 0.15) is 21.5 Å². The summed E-state index contributed by atoms with van der Waals surface area (Å²) < 4.78 is 5.19. The number of nitrogens with one attached hydrogen (secondary N) is 1. The molecule has 0 fully saturated rings. The largest absolute Gasteiger partial charge is 0.478 e. The van der Waals surface area contributed by atoms with Crippen molar-refractivity contribution in [2.75, 3.05) is 0 Å². The molecule has 0 spiro atoms. The van der Waals surface area contributed by atoms with Crippen LogP contribution in [-0.4, -0.2) is 17.2 Å². The molecule has 0 saturated heterocycles. The number of amides is 1. The molecule has 0 aliphatic rings. The van der Waals surface area contributed by atoms with Crippen molar-refractivity contribution in [3.63, 3.8) is 0 Å². The monoisotopic (exact) mass is 361 g/mol. The average Bonchev–Trinajstić information content (AvgIpc) is 2.72. The smallest absolute Gasteiger partial charge is 0.407 e. The van der Waals surface area contributed by atoms with Crippen LogP contribution in [-0.2, 0) is 17.9 Å². The third kappa shape index (κ3) is 5.19. The minimum absolute atomic E-state index is 0.217. The predicted molar refractivity (Wildman–Crippen MR) is 102 cm³/mol. The molecule has 3 aromatic carbocycles. The van der Waals surface area contributed by atoms with Gasteiger partial charge in [-0.25, -0.2) is 9.59 Å². The van der Waals surface area contributed by atoms with Gasteiger partial charge in [-0.3, -0.25) is 0 Å². The van der Waals surface area contributed by atoms with Crippen LogP contribution in [0.25, 0.3) is 11.1 Å². The zero-order chi connectivity index (χ0) is 19.1. The Bertz CT molecular complexity index is 938. The summed E-state index contributed by atoms with van der Waals surface area (Å²) in [6.45, 7) is 0.536. The van der Waals surface area contributed by atoms with Crippen LogP contribution in [0.3, 0.4) is 0 Å². The first-order valence-electron chi connectivity index (χ1n) is 8.49. The van der Waals surface area contributed by atoms with E-state index < -0.39 is 12.1 Å². The van der Waals surface area contributed by atoms with Crippen LogP contribution < -0.4 is 5.32 Å². The quantitative estimate of drug-likeness (QED) is 0.679. The van der Waals surface area contributed by atoms with Gasteiger partial charge in [-0.1, -0.05) is 60.7 Å². The van der Waals surface area contributed by atoms with Crippen molar-refractivity contribution in [3.8, 4) is 11.1 Å². The zero-order valence-corrected chi connectivity index (χ0v) is 14.6. The van der Waals surface area contributed by atoms with Gasteiger partial charge in [0.25, 0.3) is 0 Å². The molecule has 27 heavy (non-hydrogen) atoms. The van der Waals surface area contributed by atoms with Crippen LogP contribution >= 0.6 is 0 Å². The van der Waals surface area contributed by atoms with E-state index in [0.717, 1.165) is 22.3 Å². The van der Waals surface area contributed by atoms with Gasteiger partial charge in [0.2, 0.25) is 0 Å². The van der Waals surface area contributed by atoms with Crippen LogP contribution in [0.5, 0.6) is 0 Å². The minimum Gasteiger partial charge on any atom is -0.478 e. The molecule has 0 bridgehead atoms. The molecule has 0 heterocycles. The number of carbonyl (C=O) groups is 2. The van der Waals surface area contributed by atoms with Crippen molar-refractivity contribution < 1.29 is 19.4 Å². The molecule has 5 nitrogen and oxygen atoms in total. The summed E-state index contributed by atoms with van der Waals surface area (Å²) in [5.74, 6) is -0.962. The SMILES string of the molecule is O=C(NCc1cccc(-c2cccc(C(=O)O)c2)c1)OCc1ccccc1. The lowest BCUT2D eigenvalue weighted by Crippen LogP contribution is -2.23. The highest BCUT2D eigenvalue weighted by Crippen LogP contribution is 2.21. The maximum Gasteiger partial charge on any atom is 0.407 e. The summed E-state index contributed by atoms with van der Waals surface area (Å²) in [6, 6.07) is 23.8. The Hall–Kier alpha value is -3.60. The fourth-order valence-corrected chi connectivity index (χ4v) is 2.64. The van der Waals surface area contributed by atoms with Crippen molar-refractivity contribution in [1.29, 1.82) is 0 Å². The molecule has 1 amide bonds. The number of alkyl carbamates (subject to hydrolysis) is 1. The predicted octanol–water partition coefficient (Wildman–Crippen LogP) is 4.48. The van der Waals surface area contributed by atoms with Gasteiger partial charge < -0.3 is 15.2 Å². The first-order valence-corrected chi connectivity index (χ1v) is 8.49. The molecule has 0 atom stereocenters. The van der Waals surface area contributed by atoms with Gasteiger partial charge in [0.05, 0.1) is 5.56 Å². The highest BCUT2D eigenvalue weighted by molar-refractivity contribution is 5.89. The van der Waals surface area contributed by atoms with Crippen LogP contribution in [0.2, 0.25) is 0 Å².